The molecular weight excluding hydrogens is 352 g/mol. The molecule has 3 aromatic rings. The first-order chi connectivity index (χ1) is 12.6. The fraction of sp³-hybridized carbons (Fsp3) is 0.591. The van der Waals surface area contributed by atoms with Crippen molar-refractivity contribution < 1.29 is 0 Å². The molecule has 4 nitrogen and oxygen atoms in total. The van der Waals surface area contributed by atoms with Crippen LogP contribution in [0.25, 0.3) is 21.6 Å². The van der Waals surface area contributed by atoms with Crippen molar-refractivity contribution in [2.24, 2.45) is 10.8 Å². The van der Waals surface area contributed by atoms with Crippen LogP contribution in [0, 0.1) is 10.8 Å². The average Bonchev–Trinajstić information content (AvgIpc) is 3.22. The molecule has 0 bridgehead atoms. The largest absolute Gasteiger partial charge is 0.352 e. The number of nitrogens with zero attached hydrogens (tertiary/aromatic N) is 1. The van der Waals surface area contributed by atoms with E-state index in [4.69, 9.17) is 0 Å². The quantitative estimate of drug-likeness (QED) is 0.544. The predicted molar refractivity (Wildman–Crippen MR) is 115 cm³/mol. The third kappa shape index (κ3) is 3.72. The molecule has 146 valence electrons. The maximum absolute atomic E-state index is 4.65. The lowest BCUT2D eigenvalue weighted by Gasteiger charge is -2.29. The Kier molecular flexibility index (Phi) is 4.51. The molecule has 0 radical (unpaired) electrons. The molecule has 0 unspecified atom stereocenters. The molecule has 0 amide bonds. The lowest BCUT2D eigenvalue weighted by molar-refractivity contribution is 0.286. The van der Waals surface area contributed by atoms with Crippen LogP contribution in [0.2, 0.25) is 0 Å². The van der Waals surface area contributed by atoms with Gasteiger partial charge >= 0.3 is 0 Å². The van der Waals surface area contributed by atoms with E-state index in [2.05, 4.69) is 74.2 Å². The highest BCUT2D eigenvalue weighted by Gasteiger charge is 2.29. The Morgan fingerprint density at radius 1 is 1.30 bits per heavy atom. The summed E-state index contributed by atoms with van der Waals surface area (Å²) in [5.41, 5.74) is 6.87. The smallest absolute Gasteiger partial charge is 0.112 e. The molecule has 3 N–H and O–H groups in total. The standard InChI is InChI=1S/C22H32N4S/c1-13(21(2,3)4)23-12-14-9-16-19(27-14)10-17(24-16)20-15-7-8-22(5,6)11-18(15)25-26-20/h9-10,13,23-24H,7-8,11-12H2,1-6H3,(H,25,26)/t13-/m0/s1. The molecule has 3 aromatic heterocycles. The van der Waals surface area contributed by atoms with Crippen LogP contribution in [0.15, 0.2) is 12.1 Å². The Labute approximate surface area is 166 Å². The van der Waals surface area contributed by atoms with E-state index >= 15 is 0 Å². The first kappa shape index (κ1) is 18.8. The lowest BCUT2D eigenvalue weighted by atomic mass is 9.76. The Balaban J connectivity index is 1.53. The number of H-pyrrole nitrogens is 2. The summed E-state index contributed by atoms with van der Waals surface area (Å²) in [7, 11) is 0. The van der Waals surface area contributed by atoms with E-state index in [0.717, 1.165) is 30.8 Å². The van der Waals surface area contributed by atoms with Crippen LogP contribution in [0.1, 0.15) is 64.1 Å². The molecular formula is C22H32N4S. The highest BCUT2D eigenvalue weighted by Crippen LogP contribution is 2.39. The van der Waals surface area contributed by atoms with Crippen LogP contribution in [-0.2, 0) is 19.4 Å². The van der Waals surface area contributed by atoms with Crippen LogP contribution < -0.4 is 5.32 Å². The molecule has 4 rings (SSSR count). The Morgan fingerprint density at radius 2 is 2.07 bits per heavy atom. The number of thiophene rings is 1. The third-order valence-corrected chi connectivity index (χ3v) is 7.24. The fourth-order valence-electron chi connectivity index (χ4n) is 3.82. The van der Waals surface area contributed by atoms with Gasteiger partial charge in [-0.3, -0.25) is 5.10 Å². The van der Waals surface area contributed by atoms with Crippen molar-refractivity contribution >= 4 is 21.6 Å². The highest BCUT2D eigenvalue weighted by molar-refractivity contribution is 7.19. The minimum atomic E-state index is 0.277. The molecule has 27 heavy (non-hydrogen) atoms. The second-order valence-corrected chi connectivity index (χ2v) is 11.2. The monoisotopic (exact) mass is 384 g/mol. The number of hydrogen-bond acceptors (Lipinski definition) is 3. The molecule has 0 aliphatic heterocycles. The molecule has 0 spiro atoms. The van der Waals surface area contributed by atoms with Gasteiger partial charge in [0.25, 0.3) is 0 Å². The minimum Gasteiger partial charge on any atom is -0.352 e. The number of hydrogen-bond donors (Lipinski definition) is 3. The van der Waals surface area contributed by atoms with Crippen LogP contribution in [-0.4, -0.2) is 21.2 Å². The summed E-state index contributed by atoms with van der Waals surface area (Å²) >= 11 is 1.87. The zero-order chi connectivity index (χ0) is 19.4. The van der Waals surface area contributed by atoms with Crippen molar-refractivity contribution in [1.82, 2.24) is 20.5 Å². The van der Waals surface area contributed by atoms with Gasteiger partial charge in [0.15, 0.2) is 0 Å². The maximum atomic E-state index is 4.65. The van der Waals surface area contributed by atoms with Crippen LogP contribution in [0.4, 0.5) is 0 Å². The van der Waals surface area contributed by atoms with E-state index < -0.39 is 0 Å². The van der Waals surface area contributed by atoms with Gasteiger partial charge in [-0.1, -0.05) is 34.6 Å². The number of nitrogens with one attached hydrogen (secondary N) is 3. The summed E-state index contributed by atoms with van der Waals surface area (Å²) in [6, 6.07) is 5.04. The van der Waals surface area contributed by atoms with E-state index in [0.29, 0.717) is 11.5 Å². The number of aromatic nitrogens is 3. The molecule has 0 saturated carbocycles. The van der Waals surface area contributed by atoms with Crippen molar-refractivity contribution in [3.8, 4) is 11.4 Å². The number of aromatic amines is 2. The second-order valence-electron chi connectivity index (χ2n) is 10.0. The summed E-state index contributed by atoms with van der Waals surface area (Å²) in [5.74, 6) is 0. The Hall–Kier alpha value is -1.59. The van der Waals surface area contributed by atoms with Crippen molar-refractivity contribution in [3.63, 3.8) is 0 Å². The van der Waals surface area contributed by atoms with Gasteiger partial charge in [-0.2, -0.15) is 5.10 Å². The maximum Gasteiger partial charge on any atom is 0.112 e. The van der Waals surface area contributed by atoms with Crippen LogP contribution in [0.5, 0.6) is 0 Å². The minimum absolute atomic E-state index is 0.277. The van der Waals surface area contributed by atoms with Gasteiger partial charge in [-0.05, 0) is 49.1 Å². The summed E-state index contributed by atoms with van der Waals surface area (Å²) in [6.45, 7) is 14.7. The normalized spacial score (nSPS) is 18.0. The first-order valence-corrected chi connectivity index (χ1v) is 10.9. The summed E-state index contributed by atoms with van der Waals surface area (Å²) in [4.78, 5) is 4.99. The van der Waals surface area contributed by atoms with Gasteiger partial charge in [0.1, 0.15) is 5.69 Å². The van der Waals surface area contributed by atoms with Crippen LogP contribution >= 0.6 is 11.3 Å². The van der Waals surface area contributed by atoms with Gasteiger partial charge in [-0.15, -0.1) is 11.3 Å². The zero-order valence-electron chi connectivity index (χ0n) is 17.4. The summed E-state index contributed by atoms with van der Waals surface area (Å²) in [5, 5.41) is 11.6. The van der Waals surface area contributed by atoms with Crippen molar-refractivity contribution in [3.05, 3.63) is 28.3 Å². The lowest BCUT2D eigenvalue weighted by Crippen LogP contribution is -2.36. The average molecular weight is 385 g/mol. The molecule has 1 atom stereocenters. The molecule has 5 heteroatoms. The Bertz CT molecular complexity index is 919. The molecule has 0 aromatic carbocycles. The van der Waals surface area contributed by atoms with Gasteiger partial charge in [-0.25, -0.2) is 0 Å². The number of rotatable bonds is 4. The number of fused-ring (bicyclic) bond motifs is 2. The second kappa shape index (κ2) is 6.49. The van der Waals surface area contributed by atoms with E-state index in [1.807, 2.05) is 11.3 Å². The zero-order valence-corrected chi connectivity index (χ0v) is 18.2. The molecule has 3 heterocycles. The molecule has 0 saturated heterocycles. The topological polar surface area (TPSA) is 56.5 Å². The fourth-order valence-corrected chi connectivity index (χ4v) is 4.83. The molecule has 0 fully saturated rings. The summed E-state index contributed by atoms with van der Waals surface area (Å²) in [6.07, 6.45) is 3.43. The van der Waals surface area contributed by atoms with Crippen molar-refractivity contribution in [1.29, 1.82) is 0 Å². The third-order valence-electron chi connectivity index (χ3n) is 6.15. The first-order valence-electron chi connectivity index (χ1n) is 10.0. The molecule has 1 aliphatic carbocycles. The van der Waals surface area contributed by atoms with Crippen molar-refractivity contribution in [2.75, 3.05) is 0 Å². The predicted octanol–water partition coefficient (Wildman–Crippen LogP) is 5.66. The van der Waals surface area contributed by atoms with Gasteiger partial charge in [0.05, 0.1) is 15.9 Å². The van der Waals surface area contributed by atoms with Crippen LogP contribution in [0.3, 0.4) is 0 Å². The highest BCUT2D eigenvalue weighted by atomic mass is 32.1. The van der Waals surface area contributed by atoms with E-state index in [-0.39, 0.29) is 5.41 Å². The van der Waals surface area contributed by atoms with E-state index in [1.165, 1.54) is 32.8 Å². The SMILES string of the molecule is C[C@H](NCc1cc2[nH]c(-c3n[nH]c4c3CCC(C)(C)C4)cc2s1)C(C)(C)C. The van der Waals surface area contributed by atoms with Crippen molar-refractivity contribution in [2.45, 2.75) is 73.4 Å². The van der Waals surface area contributed by atoms with E-state index in [1.54, 1.807) is 0 Å². The van der Waals surface area contributed by atoms with Gasteiger partial charge in [0, 0.05) is 28.7 Å². The van der Waals surface area contributed by atoms with E-state index in [9.17, 15) is 0 Å². The van der Waals surface area contributed by atoms with Gasteiger partial charge in [0.2, 0.25) is 0 Å². The summed E-state index contributed by atoms with van der Waals surface area (Å²) < 4.78 is 1.32. The molecule has 1 aliphatic rings. The van der Waals surface area contributed by atoms with Gasteiger partial charge < -0.3 is 10.3 Å². The Morgan fingerprint density at radius 3 is 2.78 bits per heavy atom.